The second kappa shape index (κ2) is 5.91. The Morgan fingerprint density at radius 1 is 1.36 bits per heavy atom. The zero-order chi connectivity index (χ0) is 16.5. The summed E-state index contributed by atoms with van der Waals surface area (Å²) in [6.07, 6.45) is -0.217. The molecule has 0 saturated carbocycles. The van der Waals surface area contributed by atoms with Gasteiger partial charge in [0, 0.05) is 18.9 Å². The number of phenols is 1. The molecule has 2 unspecified atom stereocenters. The van der Waals surface area contributed by atoms with Gasteiger partial charge >= 0.3 is 16.2 Å². The molecule has 0 aromatic heterocycles. The number of aromatic hydroxyl groups is 1. The standard InChI is InChI=1S/C13H14FNO6S/c14-22(20,21)7-8-5-11(17)15(6-8)12(13(18)19)9-1-3-10(16)4-2-9/h1-4,8,12,16H,5-7H2,(H,18,19). The van der Waals surface area contributed by atoms with Gasteiger partial charge in [0.25, 0.3) is 0 Å². The highest BCUT2D eigenvalue weighted by atomic mass is 32.3. The molecule has 2 rings (SSSR count). The largest absolute Gasteiger partial charge is 0.508 e. The van der Waals surface area contributed by atoms with E-state index < -0.39 is 39.8 Å². The molecule has 0 radical (unpaired) electrons. The van der Waals surface area contributed by atoms with Crippen LogP contribution < -0.4 is 0 Å². The molecule has 2 atom stereocenters. The highest BCUT2D eigenvalue weighted by Gasteiger charge is 2.40. The third kappa shape index (κ3) is 3.73. The summed E-state index contributed by atoms with van der Waals surface area (Å²) in [5.74, 6) is -3.47. The van der Waals surface area contributed by atoms with E-state index in [1.54, 1.807) is 0 Å². The van der Waals surface area contributed by atoms with E-state index in [-0.39, 0.29) is 24.3 Å². The van der Waals surface area contributed by atoms with Crippen LogP contribution in [-0.4, -0.2) is 47.7 Å². The highest BCUT2D eigenvalue weighted by Crippen LogP contribution is 2.30. The van der Waals surface area contributed by atoms with E-state index in [0.29, 0.717) is 0 Å². The van der Waals surface area contributed by atoms with Crippen molar-refractivity contribution in [3.8, 4) is 5.75 Å². The molecular formula is C13H14FNO6S. The highest BCUT2D eigenvalue weighted by molar-refractivity contribution is 7.86. The second-order valence-corrected chi connectivity index (χ2v) is 6.57. The Morgan fingerprint density at radius 2 is 1.95 bits per heavy atom. The van der Waals surface area contributed by atoms with E-state index in [1.165, 1.54) is 24.3 Å². The fourth-order valence-electron chi connectivity index (χ4n) is 2.56. The van der Waals surface area contributed by atoms with E-state index >= 15 is 0 Å². The number of benzene rings is 1. The van der Waals surface area contributed by atoms with Crippen LogP contribution in [0.5, 0.6) is 5.75 Å². The Bertz CT molecular complexity index is 687. The summed E-state index contributed by atoms with van der Waals surface area (Å²) in [6, 6.07) is 3.99. The molecule has 1 saturated heterocycles. The number of hydrogen-bond acceptors (Lipinski definition) is 5. The Hall–Kier alpha value is -2.16. The van der Waals surface area contributed by atoms with Crippen molar-refractivity contribution in [1.29, 1.82) is 0 Å². The molecule has 0 bridgehead atoms. The number of likely N-dealkylation sites (tertiary alicyclic amines) is 1. The molecule has 120 valence electrons. The third-order valence-corrected chi connectivity index (χ3v) is 4.30. The van der Waals surface area contributed by atoms with Crippen molar-refractivity contribution in [1.82, 2.24) is 4.90 Å². The van der Waals surface area contributed by atoms with Crippen molar-refractivity contribution >= 4 is 22.1 Å². The number of rotatable bonds is 5. The Morgan fingerprint density at radius 3 is 2.45 bits per heavy atom. The van der Waals surface area contributed by atoms with Crippen molar-refractivity contribution in [2.75, 3.05) is 12.3 Å². The van der Waals surface area contributed by atoms with Gasteiger partial charge in [0.15, 0.2) is 6.04 Å². The predicted molar refractivity (Wildman–Crippen MR) is 73.2 cm³/mol. The fourth-order valence-corrected chi connectivity index (χ4v) is 3.35. The van der Waals surface area contributed by atoms with Gasteiger partial charge in [0.1, 0.15) is 5.75 Å². The van der Waals surface area contributed by atoms with E-state index in [9.17, 15) is 32.1 Å². The number of carbonyl (C=O) groups is 2. The molecule has 1 aromatic rings. The average molecular weight is 331 g/mol. The molecular weight excluding hydrogens is 317 g/mol. The minimum atomic E-state index is -4.73. The number of amides is 1. The number of carboxylic acid groups (broad SMARTS) is 1. The van der Waals surface area contributed by atoms with Crippen molar-refractivity contribution in [3.05, 3.63) is 29.8 Å². The van der Waals surface area contributed by atoms with Crippen LogP contribution in [0.3, 0.4) is 0 Å². The van der Waals surface area contributed by atoms with Crippen molar-refractivity contribution < 1.29 is 32.1 Å². The minimum absolute atomic E-state index is 0.0537. The topological polar surface area (TPSA) is 112 Å². The van der Waals surface area contributed by atoms with Crippen LogP contribution >= 0.6 is 0 Å². The van der Waals surface area contributed by atoms with Crippen LogP contribution in [-0.2, 0) is 19.8 Å². The van der Waals surface area contributed by atoms with Crippen LogP contribution in [0, 0.1) is 5.92 Å². The summed E-state index contributed by atoms with van der Waals surface area (Å²) < 4.78 is 34.1. The maximum Gasteiger partial charge on any atom is 0.331 e. The lowest BCUT2D eigenvalue weighted by Gasteiger charge is -2.25. The monoisotopic (exact) mass is 331 g/mol. The zero-order valence-electron chi connectivity index (χ0n) is 11.3. The molecule has 1 fully saturated rings. The summed E-state index contributed by atoms with van der Waals surface area (Å²) in [5, 5.41) is 18.6. The van der Waals surface area contributed by atoms with Crippen LogP contribution in [0.4, 0.5) is 3.89 Å². The first kappa shape index (κ1) is 16.2. The van der Waals surface area contributed by atoms with E-state index in [4.69, 9.17) is 0 Å². The summed E-state index contributed by atoms with van der Waals surface area (Å²) in [5.41, 5.74) is 0.266. The van der Waals surface area contributed by atoms with Crippen molar-refractivity contribution in [2.45, 2.75) is 12.5 Å². The maximum atomic E-state index is 12.7. The van der Waals surface area contributed by atoms with Crippen LogP contribution in [0.1, 0.15) is 18.0 Å². The molecule has 2 N–H and O–H groups in total. The molecule has 1 heterocycles. The minimum Gasteiger partial charge on any atom is -0.508 e. The number of hydrogen-bond donors (Lipinski definition) is 2. The second-order valence-electron chi connectivity index (χ2n) is 5.15. The van der Waals surface area contributed by atoms with Gasteiger partial charge in [-0.2, -0.15) is 8.42 Å². The Balaban J connectivity index is 2.24. The molecule has 22 heavy (non-hydrogen) atoms. The summed E-state index contributed by atoms with van der Waals surface area (Å²) in [6.45, 7) is -0.153. The maximum absolute atomic E-state index is 12.7. The van der Waals surface area contributed by atoms with Crippen molar-refractivity contribution in [2.24, 2.45) is 5.92 Å². The molecule has 1 amide bonds. The first-order chi connectivity index (χ1) is 10.2. The van der Waals surface area contributed by atoms with Crippen LogP contribution in [0.15, 0.2) is 24.3 Å². The molecule has 1 aliphatic heterocycles. The lowest BCUT2D eigenvalue weighted by Crippen LogP contribution is -2.35. The van der Waals surface area contributed by atoms with Crippen LogP contribution in [0.2, 0.25) is 0 Å². The van der Waals surface area contributed by atoms with Gasteiger partial charge in [-0.3, -0.25) is 4.79 Å². The lowest BCUT2D eigenvalue weighted by atomic mass is 10.1. The molecule has 9 heteroatoms. The van der Waals surface area contributed by atoms with Gasteiger partial charge in [0.05, 0.1) is 5.75 Å². The third-order valence-electron chi connectivity index (χ3n) is 3.43. The Labute approximate surface area is 126 Å². The molecule has 7 nitrogen and oxygen atoms in total. The van der Waals surface area contributed by atoms with E-state index in [0.717, 1.165) is 4.90 Å². The van der Waals surface area contributed by atoms with Gasteiger partial charge in [0.2, 0.25) is 5.91 Å². The molecule has 0 aliphatic carbocycles. The summed E-state index contributed by atoms with van der Waals surface area (Å²) in [7, 11) is -4.73. The van der Waals surface area contributed by atoms with Crippen LogP contribution in [0.25, 0.3) is 0 Å². The number of nitrogens with zero attached hydrogens (tertiary/aromatic N) is 1. The summed E-state index contributed by atoms with van der Waals surface area (Å²) >= 11 is 0. The number of phenolic OH excluding ortho intramolecular Hbond substituents is 1. The van der Waals surface area contributed by atoms with Gasteiger partial charge in [-0.05, 0) is 17.7 Å². The normalized spacial score (nSPS) is 20.1. The Kier molecular flexibility index (Phi) is 4.36. The summed E-state index contributed by atoms with van der Waals surface area (Å²) in [4.78, 5) is 24.4. The zero-order valence-corrected chi connectivity index (χ0v) is 12.2. The number of carboxylic acids is 1. The number of aliphatic carboxylic acids is 1. The first-order valence-electron chi connectivity index (χ1n) is 6.41. The van der Waals surface area contributed by atoms with Gasteiger partial charge < -0.3 is 15.1 Å². The fraction of sp³-hybridized carbons (Fsp3) is 0.385. The van der Waals surface area contributed by atoms with Gasteiger partial charge in [-0.15, -0.1) is 3.89 Å². The number of carbonyl (C=O) groups excluding carboxylic acids is 1. The quantitative estimate of drug-likeness (QED) is 0.767. The first-order valence-corrected chi connectivity index (χ1v) is 7.96. The molecule has 1 aromatic carbocycles. The van der Waals surface area contributed by atoms with E-state index in [1.807, 2.05) is 0 Å². The van der Waals surface area contributed by atoms with Crippen molar-refractivity contribution in [3.63, 3.8) is 0 Å². The van der Waals surface area contributed by atoms with E-state index in [2.05, 4.69) is 0 Å². The predicted octanol–water partition coefficient (Wildman–Crippen LogP) is 0.666. The lowest BCUT2D eigenvalue weighted by molar-refractivity contribution is -0.148. The molecule has 1 aliphatic rings. The number of halogens is 1. The average Bonchev–Trinajstić information content (AvgIpc) is 2.70. The smallest absolute Gasteiger partial charge is 0.331 e. The SMILES string of the molecule is O=C(O)C(c1ccc(O)cc1)N1CC(CS(=O)(=O)F)CC1=O. The van der Waals surface area contributed by atoms with Gasteiger partial charge in [-0.25, -0.2) is 4.79 Å². The van der Waals surface area contributed by atoms with Gasteiger partial charge in [-0.1, -0.05) is 12.1 Å². The molecule has 0 spiro atoms.